The SMILES string of the molecule is Cc1cc(/C=C/C(=O)NCc2ccccn2)c(C)n1-c1ccccc1. The second kappa shape index (κ2) is 7.62. The summed E-state index contributed by atoms with van der Waals surface area (Å²) in [7, 11) is 0. The lowest BCUT2D eigenvalue weighted by Crippen LogP contribution is -2.20. The van der Waals surface area contributed by atoms with Crippen LogP contribution in [0.2, 0.25) is 0 Å². The highest BCUT2D eigenvalue weighted by molar-refractivity contribution is 5.91. The van der Waals surface area contributed by atoms with Crippen LogP contribution in [0.5, 0.6) is 0 Å². The Morgan fingerprint density at radius 2 is 1.88 bits per heavy atom. The summed E-state index contributed by atoms with van der Waals surface area (Å²) in [6.07, 6.45) is 5.14. The second-order valence-electron chi connectivity index (χ2n) is 5.87. The predicted molar refractivity (Wildman–Crippen MR) is 100 cm³/mol. The van der Waals surface area contributed by atoms with Crippen molar-refractivity contribution in [3.8, 4) is 5.69 Å². The highest BCUT2D eigenvalue weighted by atomic mass is 16.1. The van der Waals surface area contributed by atoms with Crippen LogP contribution in [0.3, 0.4) is 0 Å². The maximum Gasteiger partial charge on any atom is 0.244 e. The summed E-state index contributed by atoms with van der Waals surface area (Å²) in [4.78, 5) is 16.2. The first-order valence-electron chi connectivity index (χ1n) is 8.25. The summed E-state index contributed by atoms with van der Waals surface area (Å²) in [5.74, 6) is -0.129. The van der Waals surface area contributed by atoms with Crippen LogP contribution >= 0.6 is 0 Å². The molecule has 0 saturated heterocycles. The van der Waals surface area contributed by atoms with Crippen molar-refractivity contribution in [2.45, 2.75) is 20.4 Å². The summed E-state index contributed by atoms with van der Waals surface area (Å²) in [5, 5.41) is 2.85. The molecule has 2 aromatic heterocycles. The molecule has 0 unspecified atom stereocenters. The van der Waals surface area contributed by atoms with E-state index in [0.29, 0.717) is 6.54 Å². The lowest BCUT2D eigenvalue weighted by molar-refractivity contribution is -0.116. The summed E-state index contributed by atoms with van der Waals surface area (Å²) in [5.41, 5.74) is 5.24. The van der Waals surface area contributed by atoms with Gasteiger partial charge in [-0.05, 0) is 55.8 Å². The number of hydrogen-bond acceptors (Lipinski definition) is 2. The molecule has 4 nitrogen and oxygen atoms in total. The van der Waals surface area contributed by atoms with Gasteiger partial charge in [0.05, 0.1) is 12.2 Å². The zero-order valence-electron chi connectivity index (χ0n) is 14.4. The Morgan fingerprint density at radius 1 is 1.12 bits per heavy atom. The van der Waals surface area contributed by atoms with Crippen LogP contribution < -0.4 is 5.32 Å². The maximum atomic E-state index is 12.0. The molecule has 3 rings (SSSR count). The molecule has 0 atom stereocenters. The fourth-order valence-corrected chi connectivity index (χ4v) is 2.84. The molecule has 4 heteroatoms. The van der Waals surface area contributed by atoms with Crippen LogP contribution in [0, 0.1) is 13.8 Å². The number of pyridine rings is 1. The number of aryl methyl sites for hydroxylation is 1. The number of nitrogens with one attached hydrogen (secondary N) is 1. The van der Waals surface area contributed by atoms with E-state index in [4.69, 9.17) is 0 Å². The van der Waals surface area contributed by atoms with E-state index in [2.05, 4.69) is 46.9 Å². The molecule has 25 heavy (non-hydrogen) atoms. The van der Waals surface area contributed by atoms with Crippen molar-refractivity contribution in [3.63, 3.8) is 0 Å². The summed E-state index contributed by atoms with van der Waals surface area (Å²) >= 11 is 0. The number of hydrogen-bond donors (Lipinski definition) is 1. The van der Waals surface area contributed by atoms with E-state index < -0.39 is 0 Å². The molecule has 0 aliphatic carbocycles. The quantitative estimate of drug-likeness (QED) is 0.723. The molecular weight excluding hydrogens is 310 g/mol. The van der Waals surface area contributed by atoms with Gasteiger partial charge in [-0.1, -0.05) is 24.3 Å². The van der Waals surface area contributed by atoms with Gasteiger partial charge in [-0.25, -0.2) is 0 Å². The molecule has 1 amide bonds. The van der Waals surface area contributed by atoms with E-state index in [1.165, 1.54) is 0 Å². The standard InChI is InChI=1S/C21H21N3O/c1-16-14-18(17(2)24(16)20-9-4-3-5-10-20)11-12-21(25)23-15-19-8-6-7-13-22-19/h3-14H,15H2,1-2H3,(H,23,25)/b12-11+. The Hall–Kier alpha value is -3.14. The molecule has 3 aromatic rings. The Kier molecular flexibility index (Phi) is 5.09. The molecule has 0 fully saturated rings. The molecule has 1 N–H and O–H groups in total. The predicted octanol–water partition coefficient (Wildman–Crippen LogP) is 3.82. The number of aromatic nitrogens is 2. The molecule has 0 radical (unpaired) electrons. The van der Waals surface area contributed by atoms with Gasteiger partial charge < -0.3 is 9.88 Å². The van der Waals surface area contributed by atoms with Crippen LogP contribution in [0.1, 0.15) is 22.6 Å². The van der Waals surface area contributed by atoms with Crippen molar-refractivity contribution in [1.82, 2.24) is 14.9 Å². The molecule has 1 aromatic carbocycles. The summed E-state index contributed by atoms with van der Waals surface area (Å²) in [6, 6.07) is 17.9. The van der Waals surface area contributed by atoms with E-state index >= 15 is 0 Å². The van der Waals surface area contributed by atoms with Gasteiger partial charge in [-0.15, -0.1) is 0 Å². The van der Waals surface area contributed by atoms with Crippen molar-refractivity contribution in [2.75, 3.05) is 0 Å². The van der Waals surface area contributed by atoms with Gasteiger partial charge in [0.15, 0.2) is 0 Å². The number of carbonyl (C=O) groups excluding carboxylic acids is 1. The van der Waals surface area contributed by atoms with Crippen molar-refractivity contribution < 1.29 is 4.79 Å². The van der Waals surface area contributed by atoms with Crippen LogP contribution in [0.25, 0.3) is 11.8 Å². The number of para-hydroxylation sites is 1. The lowest BCUT2D eigenvalue weighted by atomic mass is 10.2. The monoisotopic (exact) mass is 331 g/mol. The van der Waals surface area contributed by atoms with Gasteiger partial charge in [0.2, 0.25) is 5.91 Å². The topological polar surface area (TPSA) is 46.9 Å². The van der Waals surface area contributed by atoms with Gasteiger partial charge in [0.1, 0.15) is 0 Å². The van der Waals surface area contributed by atoms with Crippen LogP contribution in [0.4, 0.5) is 0 Å². The van der Waals surface area contributed by atoms with E-state index in [0.717, 1.165) is 28.3 Å². The van der Waals surface area contributed by atoms with E-state index in [1.54, 1.807) is 12.3 Å². The third-order valence-electron chi connectivity index (χ3n) is 4.07. The third kappa shape index (κ3) is 4.04. The number of amides is 1. The number of rotatable bonds is 5. The second-order valence-corrected chi connectivity index (χ2v) is 5.87. The number of carbonyl (C=O) groups is 1. The zero-order valence-corrected chi connectivity index (χ0v) is 14.4. The molecular formula is C21H21N3O. The highest BCUT2D eigenvalue weighted by Gasteiger charge is 2.08. The highest BCUT2D eigenvalue weighted by Crippen LogP contribution is 2.21. The third-order valence-corrected chi connectivity index (χ3v) is 4.07. The molecule has 126 valence electrons. The van der Waals surface area contributed by atoms with Crippen LogP contribution in [-0.4, -0.2) is 15.5 Å². The Labute approximate surface area is 147 Å². The number of benzene rings is 1. The summed E-state index contributed by atoms with van der Waals surface area (Å²) in [6.45, 7) is 4.55. The smallest absolute Gasteiger partial charge is 0.244 e. The minimum Gasteiger partial charge on any atom is -0.347 e. The van der Waals surface area contributed by atoms with E-state index in [9.17, 15) is 4.79 Å². The fraction of sp³-hybridized carbons (Fsp3) is 0.143. The number of nitrogens with zero attached hydrogens (tertiary/aromatic N) is 2. The Bertz CT molecular complexity index is 880. The van der Waals surface area contributed by atoms with E-state index in [1.807, 2.05) is 42.5 Å². The average Bonchev–Trinajstić information content (AvgIpc) is 2.93. The summed E-state index contributed by atoms with van der Waals surface area (Å²) < 4.78 is 2.19. The Morgan fingerprint density at radius 3 is 2.60 bits per heavy atom. The molecule has 0 aliphatic rings. The first-order chi connectivity index (χ1) is 12.1. The molecule has 2 heterocycles. The van der Waals surface area contributed by atoms with Gasteiger partial charge in [0, 0.05) is 29.3 Å². The fourth-order valence-electron chi connectivity index (χ4n) is 2.84. The van der Waals surface area contributed by atoms with Crippen molar-refractivity contribution in [3.05, 3.63) is 89.5 Å². The van der Waals surface area contributed by atoms with Crippen LogP contribution in [-0.2, 0) is 11.3 Å². The van der Waals surface area contributed by atoms with Gasteiger partial charge in [-0.2, -0.15) is 0 Å². The van der Waals surface area contributed by atoms with Gasteiger partial charge in [-0.3, -0.25) is 9.78 Å². The van der Waals surface area contributed by atoms with Crippen molar-refractivity contribution in [2.24, 2.45) is 0 Å². The minimum atomic E-state index is -0.129. The molecule has 0 spiro atoms. The average molecular weight is 331 g/mol. The lowest BCUT2D eigenvalue weighted by Gasteiger charge is -2.09. The van der Waals surface area contributed by atoms with E-state index in [-0.39, 0.29) is 5.91 Å². The zero-order chi connectivity index (χ0) is 17.6. The molecule has 0 bridgehead atoms. The van der Waals surface area contributed by atoms with Crippen LogP contribution in [0.15, 0.2) is 66.9 Å². The van der Waals surface area contributed by atoms with Gasteiger partial charge >= 0.3 is 0 Å². The first-order valence-corrected chi connectivity index (χ1v) is 8.25. The molecule has 0 aliphatic heterocycles. The normalized spacial score (nSPS) is 11.0. The largest absolute Gasteiger partial charge is 0.347 e. The van der Waals surface area contributed by atoms with Gasteiger partial charge in [0.25, 0.3) is 0 Å². The van der Waals surface area contributed by atoms with Crippen molar-refractivity contribution in [1.29, 1.82) is 0 Å². The van der Waals surface area contributed by atoms with Crippen molar-refractivity contribution >= 4 is 12.0 Å². The first kappa shape index (κ1) is 16.7. The Balaban J connectivity index is 1.70. The minimum absolute atomic E-state index is 0.129. The molecule has 0 saturated carbocycles. The maximum absolute atomic E-state index is 12.0.